The molecule has 0 radical (unpaired) electrons. The zero-order valence-electron chi connectivity index (χ0n) is 22.0. The Kier molecular flexibility index (Phi) is 8.55. The van der Waals surface area contributed by atoms with E-state index in [0.29, 0.717) is 28.8 Å². The van der Waals surface area contributed by atoms with E-state index in [-0.39, 0.29) is 17.5 Å². The zero-order chi connectivity index (χ0) is 27.2. The first-order valence-electron chi connectivity index (χ1n) is 12.6. The molecule has 3 aromatic rings. The van der Waals surface area contributed by atoms with E-state index >= 15 is 0 Å². The molecular formula is C31H31N3O3S. The number of methoxy groups -OCH3 is 1. The average molecular weight is 526 g/mol. The number of amides is 2. The van der Waals surface area contributed by atoms with E-state index in [4.69, 9.17) is 4.74 Å². The summed E-state index contributed by atoms with van der Waals surface area (Å²) in [4.78, 5) is 28.6. The van der Waals surface area contributed by atoms with Crippen LogP contribution in [-0.2, 0) is 16.0 Å². The second-order valence-corrected chi connectivity index (χ2v) is 10.7. The van der Waals surface area contributed by atoms with E-state index in [1.54, 1.807) is 31.4 Å². The number of nitriles is 1. The lowest BCUT2D eigenvalue weighted by Gasteiger charge is -2.20. The number of benzene rings is 3. The maximum absolute atomic E-state index is 13.7. The van der Waals surface area contributed by atoms with E-state index < -0.39 is 11.2 Å². The Hall–Kier alpha value is -4.02. The lowest BCUT2D eigenvalue weighted by Crippen LogP contribution is -2.32. The number of nitrogens with one attached hydrogen (secondary N) is 1. The highest BCUT2D eigenvalue weighted by Crippen LogP contribution is 2.42. The van der Waals surface area contributed by atoms with Gasteiger partial charge in [-0.25, -0.2) is 0 Å². The van der Waals surface area contributed by atoms with Crippen molar-refractivity contribution < 1.29 is 14.3 Å². The van der Waals surface area contributed by atoms with Crippen molar-refractivity contribution in [2.45, 2.75) is 44.4 Å². The van der Waals surface area contributed by atoms with Gasteiger partial charge in [0.2, 0.25) is 5.91 Å². The molecule has 2 atom stereocenters. The fourth-order valence-corrected chi connectivity index (χ4v) is 5.61. The van der Waals surface area contributed by atoms with Crippen LogP contribution in [0.3, 0.4) is 0 Å². The predicted molar refractivity (Wildman–Crippen MR) is 152 cm³/mol. The van der Waals surface area contributed by atoms with Gasteiger partial charge in [-0.2, -0.15) is 5.26 Å². The molecule has 6 nitrogen and oxygen atoms in total. The number of nitrogens with zero attached hydrogens (tertiary/aromatic N) is 2. The summed E-state index contributed by atoms with van der Waals surface area (Å²) in [6.45, 7) is 6.15. The molecule has 7 heteroatoms. The second-order valence-electron chi connectivity index (χ2n) is 9.48. The van der Waals surface area contributed by atoms with E-state index in [1.165, 1.54) is 22.2 Å². The average Bonchev–Trinajstić information content (AvgIpc) is 3.24. The van der Waals surface area contributed by atoms with Gasteiger partial charge in [-0.05, 0) is 60.2 Å². The molecule has 1 fully saturated rings. The lowest BCUT2D eigenvalue weighted by atomic mass is 10.00. The third kappa shape index (κ3) is 5.92. The third-order valence-electron chi connectivity index (χ3n) is 6.55. The van der Waals surface area contributed by atoms with E-state index in [0.717, 1.165) is 11.1 Å². The standard InChI is InChI=1S/C31H31N3O3S/c1-20(2)23-12-10-22(11-13-23)18-28-30(36)34(25-14-16-26(37-4)17-15-25)31(38-28)27(19-32)29(35)33-21(3)24-8-6-5-7-9-24/h5-17,20-21,28H,18H2,1-4H3,(H,33,35)/b31-27-. The molecule has 2 amide bonds. The molecule has 38 heavy (non-hydrogen) atoms. The van der Waals surface area contributed by atoms with Crippen LogP contribution in [0.15, 0.2) is 89.5 Å². The van der Waals surface area contributed by atoms with Crippen LogP contribution in [0.5, 0.6) is 5.75 Å². The molecular weight excluding hydrogens is 494 g/mol. The Morgan fingerprint density at radius 2 is 1.66 bits per heavy atom. The summed E-state index contributed by atoms with van der Waals surface area (Å²) in [5.41, 5.74) is 3.67. The molecule has 1 N–H and O–H groups in total. The Morgan fingerprint density at radius 3 is 2.24 bits per heavy atom. The molecule has 0 bridgehead atoms. The maximum atomic E-state index is 13.7. The number of hydrogen-bond acceptors (Lipinski definition) is 5. The Bertz CT molecular complexity index is 1360. The SMILES string of the molecule is COc1ccc(N2C(=O)C(Cc3ccc(C(C)C)cc3)S/C2=C(/C#N)C(=O)NC(C)c2ccccc2)cc1. The van der Waals surface area contributed by atoms with Crippen molar-refractivity contribution in [1.29, 1.82) is 5.26 Å². The predicted octanol–water partition coefficient (Wildman–Crippen LogP) is 6.12. The van der Waals surface area contributed by atoms with Gasteiger partial charge >= 0.3 is 0 Å². The first-order chi connectivity index (χ1) is 18.3. The molecule has 4 rings (SSSR count). The van der Waals surface area contributed by atoms with Gasteiger partial charge in [0.15, 0.2) is 0 Å². The summed E-state index contributed by atoms with van der Waals surface area (Å²) in [7, 11) is 1.57. The number of rotatable bonds is 8. The van der Waals surface area contributed by atoms with E-state index in [1.807, 2.05) is 49.4 Å². The van der Waals surface area contributed by atoms with Crippen LogP contribution in [0.4, 0.5) is 5.69 Å². The van der Waals surface area contributed by atoms with Crippen LogP contribution in [0.2, 0.25) is 0 Å². The normalized spacial score (nSPS) is 17.2. The second kappa shape index (κ2) is 12.0. The van der Waals surface area contributed by atoms with Crippen molar-refractivity contribution in [2.75, 3.05) is 12.0 Å². The van der Waals surface area contributed by atoms with Gasteiger partial charge in [0, 0.05) is 5.69 Å². The summed E-state index contributed by atoms with van der Waals surface area (Å²) in [5.74, 6) is 0.385. The summed E-state index contributed by atoms with van der Waals surface area (Å²) in [6, 6.07) is 26.6. The zero-order valence-corrected chi connectivity index (χ0v) is 22.8. The number of thioether (sulfide) groups is 1. The first-order valence-corrected chi connectivity index (χ1v) is 13.4. The van der Waals surface area contributed by atoms with Crippen LogP contribution in [0.1, 0.15) is 49.4 Å². The molecule has 1 aliphatic rings. The van der Waals surface area contributed by atoms with Gasteiger partial charge in [-0.1, -0.05) is 80.2 Å². The van der Waals surface area contributed by atoms with Gasteiger partial charge in [-0.3, -0.25) is 14.5 Å². The van der Waals surface area contributed by atoms with Gasteiger partial charge in [0.1, 0.15) is 22.4 Å². The lowest BCUT2D eigenvalue weighted by molar-refractivity contribution is -0.117. The van der Waals surface area contributed by atoms with Gasteiger partial charge in [0.05, 0.1) is 18.4 Å². The van der Waals surface area contributed by atoms with Crippen LogP contribution in [0, 0.1) is 11.3 Å². The Balaban J connectivity index is 1.67. The van der Waals surface area contributed by atoms with Crippen molar-refractivity contribution in [3.63, 3.8) is 0 Å². The molecule has 0 aromatic heterocycles. The fourth-order valence-electron chi connectivity index (χ4n) is 4.30. The number of carbonyl (C=O) groups is 2. The highest BCUT2D eigenvalue weighted by atomic mass is 32.2. The van der Waals surface area contributed by atoms with Crippen LogP contribution in [-0.4, -0.2) is 24.2 Å². The quantitative estimate of drug-likeness (QED) is 0.283. The minimum Gasteiger partial charge on any atom is -0.497 e. The largest absolute Gasteiger partial charge is 0.497 e. The van der Waals surface area contributed by atoms with E-state index in [9.17, 15) is 14.9 Å². The molecule has 0 spiro atoms. The summed E-state index contributed by atoms with van der Waals surface area (Å²) >= 11 is 1.26. The fraction of sp³-hybridized carbons (Fsp3) is 0.258. The van der Waals surface area contributed by atoms with Crippen molar-refractivity contribution in [3.05, 3.63) is 106 Å². The maximum Gasteiger partial charge on any atom is 0.265 e. The monoisotopic (exact) mass is 525 g/mol. The Morgan fingerprint density at radius 1 is 1.00 bits per heavy atom. The van der Waals surface area contributed by atoms with E-state index in [2.05, 4.69) is 37.4 Å². The molecule has 1 heterocycles. The van der Waals surface area contributed by atoms with Crippen LogP contribution in [0.25, 0.3) is 0 Å². The minimum atomic E-state index is -0.514. The minimum absolute atomic E-state index is 0.0837. The smallest absolute Gasteiger partial charge is 0.265 e. The van der Waals surface area contributed by atoms with Crippen molar-refractivity contribution >= 4 is 29.3 Å². The highest BCUT2D eigenvalue weighted by Gasteiger charge is 2.41. The summed E-state index contributed by atoms with van der Waals surface area (Å²) in [5, 5.41) is 12.9. The number of carbonyl (C=O) groups excluding carboxylic acids is 2. The number of ether oxygens (including phenoxy) is 1. The molecule has 1 aliphatic heterocycles. The molecule has 1 saturated heterocycles. The molecule has 194 valence electrons. The Labute approximate surface area is 228 Å². The molecule has 0 aliphatic carbocycles. The number of hydrogen-bond donors (Lipinski definition) is 1. The van der Waals surface area contributed by atoms with Crippen LogP contribution < -0.4 is 15.0 Å². The molecule has 3 aromatic carbocycles. The van der Waals surface area contributed by atoms with Crippen molar-refractivity contribution in [2.24, 2.45) is 0 Å². The summed E-state index contributed by atoms with van der Waals surface area (Å²) in [6.07, 6.45) is 0.485. The van der Waals surface area contributed by atoms with Crippen LogP contribution >= 0.6 is 11.8 Å². The van der Waals surface area contributed by atoms with Gasteiger partial charge < -0.3 is 10.1 Å². The van der Waals surface area contributed by atoms with Gasteiger partial charge in [-0.15, -0.1) is 0 Å². The molecule has 0 saturated carbocycles. The first kappa shape index (κ1) is 27.0. The highest BCUT2D eigenvalue weighted by molar-refractivity contribution is 8.05. The summed E-state index contributed by atoms with van der Waals surface area (Å²) < 4.78 is 5.27. The van der Waals surface area contributed by atoms with Crippen molar-refractivity contribution in [3.8, 4) is 11.8 Å². The number of anilines is 1. The topological polar surface area (TPSA) is 82.4 Å². The molecule has 2 unspecified atom stereocenters. The van der Waals surface area contributed by atoms with Gasteiger partial charge in [0.25, 0.3) is 5.91 Å². The third-order valence-corrected chi connectivity index (χ3v) is 7.81. The van der Waals surface area contributed by atoms with Crippen molar-refractivity contribution in [1.82, 2.24) is 5.32 Å².